The molecule has 18 heavy (non-hydrogen) atoms. The fourth-order valence-corrected chi connectivity index (χ4v) is 3.68. The highest BCUT2D eigenvalue weighted by atomic mass is 19.1. The van der Waals surface area contributed by atoms with Crippen molar-refractivity contribution in [2.24, 2.45) is 5.92 Å². The molecule has 3 rings (SSSR count). The standard InChI is InChI=1S/C15H21FN2/c16-13-6-7-14(17)12(9-13)10-18-8-2-4-11-3-1-5-15(11)18/h6-7,9,11,15H,1-5,8,10,17H2. The molecule has 2 aliphatic rings. The molecule has 0 amide bonds. The van der Waals surface area contributed by atoms with Crippen molar-refractivity contribution in [3.63, 3.8) is 0 Å². The van der Waals surface area contributed by atoms with E-state index in [9.17, 15) is 4.39 Å². The average Bonchev–Trinajstić information content (AvgIpc) is 2.83. The van der Waals surface area contributed by atoms with Crippen molar-refractivity contribution in [1.29, 1.82) is 0 Å². The highest BCUT2D eigenvalue weighted by Crippen LogP contribution is 2.37. The van der Waals surface area contributed by atoms with E-state index in [1.165, 1.54) is 38.2 Å². The Hall–Kier alpha value is -1.09. The lowest BCUT2D eigenvalue weighted by atomic mass is 9.91. The Morgan fingerprint density at radius 3 is 2.94 bits per heavy atom. The van der Waals surface area contributed by atoms with Crippen LogP contribution in [0.5, 0.6) is 0 Å². The van der Waals surface area contributed by atoms with Gasteiger partial charge in [-0.05, 0) is 61.9 Å². The van der Waals surface area contributed by atoms with Crippen LogP contribution in [0.4, 0.5) is 10.1 Å². The summed E-state index contributed by atoms with van der Waals surface area (Å²) < 4.78 is 13.3. The third-order valence-corrected chi connectivity index (χ3v) is 4.59. The fraction of sp³-hybridized carbons (Fsp3) is 0.600. The third kappa shape index (κ3) is 2.24. The lowest BCUT2D eigenvalue weighted by Gasteiger charge is -2.38. The van der Waals surface area contributed by atoms with Crippen LogP contribution in [0, 0.1) is 11.7 Å². The van der Waals surface area contributed by atoms with Gasteiger partial charge in [-0.2, -0.15) is 0 Å². The summed E-state index contributed by atoms with van der Waals surface area (Å²) in [5.41, 5.74) is 7.62. The van der Waals surface area contributed by atoms with E-state index in [0.29, 0.717) is 6.04 Å². The number of nitrogen functional groups attached to an aromatic ring is 1. The van der Waals surface area contributed by atoms with Gasteiger partial charge in [0.25, 0.3) is 0 Å². The molecule has 1 aromatic carbocycles. The van der Waals surface area contributed by atoms with E-state index in [2.05, 4.69) is 4.90 Å². The van der Waals surface area contributed by atoms with Crippen molar-refractivity contribution < 1.29 is 4.39 Å². The largest absolute Gasteiger partial charge is 0.398 e. The van der Waals surface area contributed by atoms with E-state index in [-0.39, 0.29) is 5.82 Å². The SMILES string of the molecule is Nc1ccc(F)cc1CN1CCCC2CCCC21. The number of rotatable bonds is 2. The molecule has 98 valence electrons. The van der Waals surface area contributed by atoms with Crippen LogP contribution < -0.4 is 5.73 Å². The summed E-state index contributed by atoms with van der Waals surface area (Å²) in [4.78, 5) is 2.52. The Kier molecular flexibility index (Phi) is 3.25. The maximum absolute atomic E-state index is 13.3. The van der Waals surface area contributed by atoms with Crippen molar-refractivity contribution in [1.82, 2.24) is 4.90 Å². The van der Waals surface area contributed by atoms with Gasteiger partial charge in [0.05, 0.1) is 0 Å². The van der Waals surface area contributed by atoms with Crippen LogP contribution >= 0.6 is 0 Å². The maximum Gasteiger partial charge on any atom is 0.123 e. The first kappa shape index (κ1) is 12.0. The van der Waals surface area contributed by atoms with Crippen LogP contribution in [0.25, 0.3) is 0 Å². The molecule has 1 aliphatic carbocycles. The minimum absolute atomic E-state index is 0.181. The number of piperidine rings is 1. The maximum atomic E-state index is 13.3. The molecule has 3 heteroatoms. The van der Waals surface area contributed by atoms with Crippen molar-refractivity contribution in [2.45, 2.75) is 44.7 Å². The van der Waals surface area contributed by atoms with Gasteiger partial charge in [-0.25, -0.2) is 4.39 Å². The van der Waals surface area contributed by atoms with E-state index in [4.69, 9.17) is 5.73 Å². The van der Waals surface area contributed by atoms with E-state index in [1.807, 2.05) is 0 Å². The van der Waals surface area contributed by atoms with Crippen molar-refractivity contribution in [3.8, 4) is 0 Å². The summed E-state index contributed by atoms with van der Waals surface area (Å²) in [6.45, 7) is 1.95. The number of likely N-dealkylation sites (tertiary alicyclic amines) is 1. The molecule has 1 aromatic rings. The Labute approximate surface area is 108 Å². The topological polar surface area (TPSA) is 29.3 Å². The summed E-state index contributed by atoms with van der Waals surface area (Å²) in [6, 6.07) is 5.42. The molecule has 1 aliphatic heterocycles. The molecule has 1 saturated heterocycles. The van der Waals surface area contributed by atoms with Gasteiger partial charge < -0.3 is 5.73 Å². The van der Waals surface area contributed by atoms with Crippen LogP contribution in [-0.4, -0.2) is 17.5 Å². The number of hydrogen-bond acceptors (Lipinski definition) is 2. The number of benzene rings is 1. The van der Waals surface area contributed by atoms with E-state index < -0.39 is 0 Å². The summed E-state index contributed by atoms with van der Waals surface area (Å²) in [5, 5.41) is 0. The second-order valence-electron chi connectivity index (χ2n) is 5.71. The summed E-state index contributed by atoms with van der Waals surface area (Å²) in [6.07, 6.45) is 6.68. The van der Waals surface area contributed by atoms with Crippen LogP contribution in [0.2, 0.25) is 0 Å². The molecule has 2 unspecified atom stereocenters. The smallest absolute Gasteiger partial charge is 0.123 e. The number of anilines is 1. The molecule has 2 N–H and O–H groups in total. The van der Waals surface area contributed by atoms with Gasteiger partial charge in [0.2, 0.25) is 0 Å². The van der Waals surface area contributed by atoms with Crippen LogP contribution in [0.15, 0.2) is 18.2 Å². The lowest BCUT2D eigenvalue weighted by molar-refractivity contribution is 0.106. The second-order valence-corrected chi connectivity index (χ2v) is 5.71. The first-order valence-electron chi connectivity index (χ1n) is 7.02. The molecule has 0 bridgehead atoms. The molecule has 2 atom stereocenters. The molecule has 2 fully saturated rings. The van der Waals surface area contributed by atoms with Gasteiger partial charge in [0, 0.05) is 18.3 Å². The number of halogens is 1. The average molecular weight is 248 g/mol. The first-order chi connectivity index (χ1) is 8.74. The Morgan fingerprint density at radius 2 is 2.06 bits per heavy atom. The monoisotopic (exact) mass is 248 g/mol. The predicted molar refractivity (Wildman–Crippen MR) is 71.6 cm³/mol. The van der Waals surface area contributed by atoms with Crippen molar-refractivity contribution in [3.05, 3.63) is 29.6 Å². The van der Waals surface area contributed by atoms with Gasteiger partial charge in [0.15, 0.2) is 0 Å². The fourth-order valence-electron chi connectivity index (χ4n) is 3.68. The highest BCUT2D eigenvalue weighted by Gasteiger charge is 2.34. The third-order valence-electron chi connectivity index (χ3n) is 4.59. The van der Waals surface area contributed by atoms with E-state index in [1.54, 1.807) is 12.1 Å². The summed E-state index contributed by atoms with van der Waals surface area (Å²) >= 11 is 0. The quantitative estimate of drug-likeness (QED) is 0.814. The molecular formula is C15H21FN2. The summed E-state index contributed by atoms with van der Waals surface area (Å²) in [7, 11) is 0. The van der Waals surface area contributed by atoms with Gasteiger partial charge in [-0.3, -0.25) is 4.90 Å². The number of nitrogens with zero attached hydrogens (tertiary/aromatic N) is 1. The zero-order chi connectivity index (χ0) is 12.5. The van der Waals surface area contributed by atoms with Crippen LogP contribution in [0.1, 0.15) is 37.7 Å². The number of fused-ring (bicyclic) bond motifs is 1. The molecule has 0 spiro atoms. The van der Waals surface area contributed by atoms with E-state index >= 15 is 0 Å². The second kappa shape index (κ2) is 4.88. The van der Waals surface area contributed by atoms with Crippen LogP contribution in [0.3, 0.4) is 0 Å². The molecule has 0 aromatic heterocycles. The molecule has 2 nitrogen and oxygen atoms in total. The molecule has 1 heterocycles. The number of nitrogens with two attached hydrogens (primary N) is 1. The zero-order valence-electron chi connectivity index (χ0n) is 10.7. The Bertz CT molecular complexity index is 433. The predicted octanol–water partition coefficient (Wildman–Crippen LogP) is 3.17. The number of hydrogen-bond donors (Lipinski definition) is 1. The van der Waals surface area contributed by atoms with E-state index in [0.717, 1.165) is 30.3 Å². The van der Waals surface area contributed by atoms with Gasteiger partial charge in [0.1, 0.15) is 5.82 Å². The molecule has 0 radical (unpaired) electrons. The highest BCUT2D eigenvalue weighted by molar-refractivity contribution is 5.46. The molecule has 1 saturated carbocycles. The normalized spacial score (nSPS) is 28.3. The van der Waals surface area contributed by atoms with Crippen LogP contribution in [-0.2, 0) is 6.54 Å². The van der Waals surface area contributed by atoms with Crippen molar-refractivity contribution in [2.75, 3.05) is 12.3 Å². The van der Waals surface area contributed by atoms with Crippen molar-refractivity contribution >= 4 is 5.69 Å². The Balaban J connectivity index is 1.77. The van der Waals surface area contributed by atoms with Gasteiger partial charge in [-0.1, -0.05) is 6.42 Å². The minimum atomic E-state index is -0.181. The van der Waals surface area contributed by atoms with Gasteiger partial charge in [-0.15, -0.1) is 0 Å². The minimum Gasteiger partial charge on any atom is -0.398 e. The molecular weight excluding hydrogens is 227 g/mol. The summed E-state index contributed by atoms with van der Waals surface area (Å²) in [5.74, 6) is 0.688. The zero-order valence-corrected chi connectivity index (χ0v) is 10.7. The first-order valence-corrected chi connectivity index (χ1v) is 7.02. The lowest BCUT2D eigenvalue weighted by Crippen LogP contribution is -2.42. The Morgan fingerprint density at radius 1 is 1.22 bits per heavy atom. The van der Waals surface area contributed by atoms with Gasteiger partial charge >= 0.3 is 0 Å².